The molecule has 0 bridgehead atoms. The Kier molecular flexibility index (Phi) is 5.76. The van der Waals surface area contributed by atoms with Gasteiger partial charge in [0.2, 0.25) is 0 Å². The summed E-state index contributed by atoms with van der Waals surface area (Å²) < 4.78 is 37.0. The summed E-state index contributed by atoms with van der Waals surface area (Å²) in [5.74, 6) is 0. The maximum Gasteiger partial charge on any atom is 0.401 e. The summed E-state index contributed by atoms with van der Waals surface area (Å²) in [6.07, 6.45) is -3.29. The first-order valence-electron chi connectivity index (χ1n) is 5.66. The molecule has 0 amide bonds. The Morgan fingerprint density at radius 3 is 1.75 bits per heavy atom. The van der Waals surface area contributed by atoms with Crippen LogP contribution in [-0.4, -0.2) is 40.9 Å². The van der Waals surface area contributed by atoms with Crippen LogP contribution in [0.4, 0.5) is 13.2 Å². The highest BCUT2D eigenvalue weighted by Gasteiger charge is 2.35. The average molecular weight is 241 g/mol. The first kappa shape index (κ1) is 15.7. The zero-order chi connectivity index (χ0) is 13.0. The number of halogens is 3. The molecule has 98 valence electrons. The monoisotopic (exact) mass is 241 g/mol. The molecule has 16 heavy (non-hydrogen) atoms. The smallest absolute Gasteiger partial charge is 0.389 e. The van der Waals surface area contributed by atoms with Crippen LogP contribution in [0, 0.1) is 0 Å². The molecule has 0 aromatic rings. The van der Waals surface area contributed by atoms with Crippen molar-refractivity contribution in [3.05, 3.63) is 0 Å². The molecule has 5 heteroatoms. The van der Waals surface area contributed by atoms with Crippen molar-refractivity contribution in [3.8, 4) is 0 Å². The van der Waals surface area contributed by atoms with Crippen molar-refractivity contribution in [2.24, 2.45) is 0 Å². The fourth-order valence-electron chi connectivity index (χ4n) is 1.50. The van der Waals surface area contributed by atoms with Gasteiger partial charge in [-0.05, 0) is 26.7 Å². The quantitative estimate of drug-likeness (QED) is 0.773. The van der Waals surface area contributed by atoms with Gasteiger partial charge in [-0.1, -0.05) is 13.8 Å². The second-order valence-electron chi connectivity index (χ2n) is 4.55. The molecule has 0 unspecified atom stereocenters. The molecule has 0 spiro atoms. The van der Waals surface area contributed by atoms with Crippen molar-refractivity contribution in [2.75, 3.05) is 13.1 Å². The van der Waals surface area contributed by atoms with Gasteiger partial charge in [0.25, 0.3) is 0 Å². The summed E-state index contributed by atoms with van der Waals surface area (Å²) in [6, 6.07) is -0.230. The van der Waals surface area contributed by atoms with E-state index in [1.54, 1.807) is 27.7 Å². The number of alkyl halides is 3. The molecule has 0 fully saturated rings. The van der Waals surface area contributed by atoms with Crippen molar-refractivity contribution < 1.29 is 18.3 Å². The number of hydrogen-bond acceptors (Lipinski definition) is 2. The van der Waals surface area contributed by atoms with Crippen LogP contribution in [0.15, 0.2) is 0 Å². The number of nitrogens with zero attached hydrogens (tertiary/aromatic N) is 1. The highest BCUT2D eigenvalue weighted by atomic mass is 19.4. The first-order valence-corrected chi connectivity index (χ1v) is 5.66. The Morgan fingerprint density at radius 2 is 1.50 bits per heavy atom. The standard InChI is InChI=1S/C11H22F3NO/c1-5-10(16,6-2)7-15(9(3)4)8-11(12,13)14/h9,16H,5-8H2,1-4H3. The number of aliphatic hydroxyl groups is 1. The summed E-state index contributed by atoms with van der Waals surface area (Å²) in [4.78, 5) is 1.27. The lowest BCUT2D eigenvalue weighted by atomic mass is 9.96. The van der Waals surface area contributed by atoms with Crippen LogP contribution in [0.2, 0.25) is 0 Å². The van der Waals surface area contributed by atoms with Gasteiger partial charge in [0.05, 0.1) is 12.1 Å². The van der Waals surface area contributed by atoms with Crippen LogP contribution in [0.5, 0.6) is 0 Å². The Labute approximate surface area is 95.4 Å². The molecule has 0 saturated heterocycles. The van der Waals surface area contributed by atoms with Crippen molar-refractivity contribution >= 4 is 0 Å². The lowest BCUT2D eigenvalue weighted by Crippen LogP contribution is -2.48. The van der Waals surface area contributed by atoms with Gasteiger partial charge in [0.1, 0.15) is 0 Å². The van der Waals surface area contributed by atoms with E-state index in [9.17, 15) is 18.3 Å². The molecule has 0 heterocycles. The lowest BCUT2D eigenvalue weighted by Gasteiger charge is -2.35. The van der Waals surface area contributed by atoms with Crippen molar-refractivity contribution in [1.82, 2.24) is 4.90 Å². The van der Waals surface area contributed by atoms with E-state index >= 15 is 0 Å². The van der Waals surface area contributed by atoms with Crippen LogP contribution >= 0.6 is 0 Å². The van der Waals surface area contributed by atoms with Crippen LogP contribution in [0.1, 0.15) is 40.5 Å². The molecule has 0 aliphatic rings. The van der Waals surface area contributed by atoms with Crippen LogP contribution in [0.3, 0.4) is 0 Å². The molecular formula is C11H22F3NO. The van der Waals surface area contributed by atoms with Crippen LogP contribution < -0.4 is 0 Å². The van der Waals surface area contributed by atoms with Gasteiger partial charge >= 0.3 is 6.18 Å². The fourth-order valence-corrected chi connectivity index (χ4v) is 1.50. The van der Waals surface area contributed by atoms with Gasteiger partial charge in [-0.15, -0.1) is 0 Å². The molecule has 0 aliphatic heterocycles. The van der Waals surface area contributed by atoms with Crippen molar-refractivity contribution in [3.63, 3.8) is 0 Å². The predicted octanol–water partition coefficient (Wildman–Crippen LogP) is 2.81. The largest absolute Gasteiger partial charge is 0.401 e. The predicted molar refractivity (Wildman–Crippen MR) is 58.3 cm³/mol. The number of rotatable bonds is 6. The van der Waals surface area contributed by atoms with Crippen LogP contribution in [0.25, 0.3) is 0 Å². The van der Waals surface area contributed by atoms with Crippen molar-refractivity contribution in [1.29, 1.82) is 0 Å². The van der Waals surface area contributed by atoms with E-state index < -0.39 is 18.3 Å². The van der Waals surface area contributed by atoms with Gasteiger partial charge in [-0.3, -0.25) is 4.90 Å². The molecule has 0 atom stereocenters. The lowest BCUT2D eigenvalue weighted by molar-refractivity contribution is -0.157. The maximum atomic E-state index is 12.3. The molecule has 0 aliphatic carbocycles. The fraction of sp³-hybridized carbons (Fsp3) is 1.00. The Bertz CT molecular complexity index is 200. The second-order valence-corrected chi connectivity index (χ2v) is 4.55. The highest BCUT2D eigenvalue weighted by molar-refractivity contribution is 4.82. The van der Waals surface area contributed by atoms with Gasteiger partial charge < -0.3 is 5.11 Å². The molecule has 0 rings (SSSR count). The van der Waals surface area contributed by atoms with E-state index in [2.05, 4.69) is 0 Å². The zero-order valence-corrected chi connectivity index (χ0v) is 10.4. The summed E-state index contributed by atoms with van der Waals surface area (Å²) in [5.41, 5.74) is -1.02. The SMILES string of the molecule is CCC(O)(CC)CN(CC(F)(F)F)C(C)C. The van der Waals surface area contributed by atoms with Crippen molar-refractivity contribution in [2.45, 2.75) is 58.4 Å². The first-order chi connectivity index (χ1) is 7.13. The van der Waals surface area contributed by atoms with E-state index in [-0.39, 0.29) is 12.6 Å². The summed E-state index contributed by atoms with van der Waals surface area (Å²) in [7, 11) is 0. The summed E-state index contributed by atoms with van der Waals surface area (Å²) in [5, 5.41) is 10.0. The van der Waals surface area contributed by atoms with Gasteiger partial charge in [-0.2, -0.15) is 13.2 Å². The van der Waals surface area contributed by atoms with Gasteiger partial charge in [-0.25, -0.2) is 0 Å². The molecule has 2 nitrogen and oxygen atoms in total. The normalized spacial score (nSPS) is 13.9. The molecule has 0 saturated carbocycles. The zero-order valence-electron chi connectivity index (χ0n) is 10.4. The van der Waals surface area contributed by atoms with E-state index in [0.717, 1.165) is 0 Å². The minimum absolute atomic E-state index is 0.0666. The van der Waals surface area contributed by atoms with Crippen LogP contribution in [-0.2, 0) is 0 Å². The Morgan fingerprint density at radius 1 is 1.06 bits per heavy atom. The Hall–Kier alpha value is -0.290. The number of hydrogen-bond donors (Lipinski definition) is 1. The average Bonchev–Trinajstić information content (AvgIpc) is 2.14. The minimum atomic E-state index is -4.22. The van der Waals surface area contributed by atoms with E-state index in [1.807, 2.05) is 0 Å². The maximum absolute atomic E-state index is 12.3. The third kappa shape index (κ3) is 5.70. The molecular weight excluding hydrogens is 219 g/mol. The minimum Gasteiger partial charge on any atom is -0.389 e. The molecule has 0 aromatic carbocycles. The molecule has 1 N–H and O–H groups in total. The van der Waals surface area contributed by atoms with Gasteiger partial charge in [0.15, 0.2) is 0 Å². The molecule has 0 radical (unpaired) electrons. The highest BCUT2D eigenvalue weighted by Crippen LogP contribution is 2.22. The summed E-state index contributed by atoms with van der Waals surface area (Å²) in [6.45, 7) is 6.09. The third-order valence-corrected chi connectivity index (χ3v) is 2.93. The molecule has 0 aromatic heterocycles. The topological polar surface area (TPSA) is 23.5 Å². The van der Waals surface area contributed by atoms with E-state index in [4.69, 9.17) is 0 Å². The Balaban J connectivity index is 4.57. The second kappa shape index (κ2) is 5.87. The van der Waals surface area contributed by atoms with E-state index in [1.165, 1.54) is 4.90 Å². The van der Waals surface area contributed by atoms with Gasteiger partial charge in [0, 0.05) is 12.6 Å². The summed E-state index contributed by atoms with van der Waals surface area (Å²) >= 11 is 0. The third-order valence-electron chi connectivity index (χ3n) is 2.93. The van der Waals surface area contributed by atoms with E-state index in [0.29, 0.717) is 12.8 Å².